The van der Waals surface area contributed by atoms with Crippen LogP contribution in [-0.2, 0) is 5.41 Å². The third-order valence-electron chi connectivity index (χ3n) is 5.04. The van der Waals surface area contributed by atoms with Crippen molar-refractivity contribution < 1.29 is 0 Å². The molecule has 27 heavy (non-hydrogen) atoms. The fourth-order valence-corrected chi connectivity index (χ4v) is 3.68. The largest absolute Gasteiger partial charge is 0.368 e. The van der Waals surface area contributed by atoms with Gasteiger partial charge in [0, 0.05) is 42.3 Å². The van der Waals surface area contributed by atoms with Crippen LogP contribution in [0, 0.1) is 6.92 Å². The molecule has 0 amide bonds. The summed E-state index contributed by atoms with van der Waals surface area (Å²) in [5, 5.41) is 14.2. The molecule has 1 aliphatic heterocycles. The molecule has 0 aliphatic carbocycles. The Balaban J connectivity index is 1.55. The Morgan fingerprint density at radius 1 is 0.926 bits per heavy atom. The van der Waals surface area contributed by atoms with Crippen molar-refractivity contribution in [2.45, 2.75) is 33.1 Å². The lowest BCUT2D eigenvalue weighted by Crippen LogP contribution is -2.47. The molecule has 3 heterocycles. The second-order valence-electron chi connectivity index (χ2n) is 8.14. The number of rotatable bonds is 2. The van der Waals surface area contributed by atoms with Crippen molar-refractivity contribution in [3.8, 4) is 0 Å². The summed E-state index contributed by atoms with van der Waals surface area (Å²) in [6.07, 6.45) is 0. The van der Waals surface area contributed by atoms with Crippen LogP contribution in [0.3, 0.4) is 0 Å². The predicted molar refractivity (Wildman–Crippen MR) is 110 cm³/mol. The number of halogens is 1. The topological polar surface area (TPSA) is 49.6 Å². The normalized spacial score (nSPS) is 15.6. The van der Waals surface area contributed by atoms with Crippen molar-refractivity contribution >= 4 is 28.8 Å². The number of nitrogens with zero attached hydrogens (tertiary/aromatic N) is 6. The summed E-state index contributed by atoms with van der Waals surface area (Å²) in [5.41, 5.74) is 3.16. The lowest BCUT2D eigenvalue weighted by atomic mass is 9.96. The lowest BCUT2D eigenvalue weighted by Gasteiger charge is -2.37. The average Bonchev–Trinajstić information content (AvgIpc) is 3.07. The van der Waals surface area contributed by atoms with E-state index in [0.717, 1.165) is 48.5 Å². The Morgan fingerprint density at radius 3 is 2.33 bits per heavy atom. The highest BCUT2D eigenvalue weighted by Crippen LogP contribution is 2.27. The van der Waals surface area contributed by atoms with Crippen molar-refractivity contribution in [1.82, 2.24) is 19.8 Å². The van der Waals surface area contributed by atoms with Crippen LogP contribution in [-0.4, -0.2) is 46.0 Å². The zero-order valence-corrected chi connectivity index (χ0v) is 17.0. The van der Waals surface area contributed by atoms with Gasteiger partial charge in [0.15, 0.2) is 11.5 Å². The maximum atomic E-state index is 6.20. The molecule has 2 aromatic heterocycles. The summed E-state index contributed by atoms with van der Waals surface area (Å²) >= 11 is 6.20. The molecule has 7 heteroatoms. The van der Waals surface area contributed by atoms with E-state index in [9.17, 15) is 0 Å². The second-order valence-corrected chi connectivity index (χ2v) is 8.58. The lowest BCUT2D eigenvalue weighted by molar-refractivity contribution is 0.525. The van der Waals surface area contributed by atoms with Gasteiger partial charge in [0.2, 0.25) is 0 Å². The van der Waals surface area contributed by atoms with Gasteiger partial charge >= 0.3 is 0 Å². The third-order valence-corrected chi connectivity index (χ3v) is 5.27. The Bertz CT molecular complexity index is 966. The number of anilines is 2. The molecular formula is C20H25ClN6. The summed E-state index contributed by atoms with van der Waals surface area (Å²) in [4.78, 5) is 4.72. The Labute approximate surface area is 164 Å². The van der Waals surface area contributed by atoms with Crippen molar-refractivity contribution in [2.24, 2.45) is 0 Å². The standard InChI is InChI=1S/C20H25ClN6/c1-14-5-6-15(21)13-16(14)25-9-11-26(12-10-25)18-8-7-17-22-23-19(20(2,3)4)27(17)24-18/h5-8,13H,9-12H2,1-4H3. The summed E-state index contributed by atoms with van der Waals surface area (Å²) < 4.78 is 1.88. The molecule has 1 aromatic carbocycles. The molecule has 0 atom stereocenters. The molecule has 0 saturated carbocycles. The van der Waals surface area contributed by atoms with Crippen LogP contribution >= 0.6 is 11.6 Å². The number of hydrogen-bond acceptors (Lipinski definition) is 5. The first-order valence-electron chi connectivity index (χ1n) is 9.32. The Kier molecular flexibility index (Phi) is 4.46. The first kappa shape index (κ1) is 18.0. The minimum Gasteiger partial charge on any atom is -0.368 e. The van der Waals surface area contributed by atoms with E-state index in [-0.39, 0.29) is 5.41 Å². The number of aryl methyl sites for hydroxylation is 1. The van der Waals surface area contributed by atoms with E-state index in [2.05, 4.69) is 59.8 Å². The molecule has 1 fully saturated rings. The van der Waals surface area contributed by atoms with Gasteiger partial charge in [0.05, 0.1) is 0 Å². The zero-order valence-electron chi connectivity index (χ0n) is 16.3. The quantitative estimate of drug-likeness (QED) is 0.674. The SMILES string of the molecule is Cc1ccc(Cl)cc1N1CCN(c2ccc3nnc(C(C)(C)C)n3n2)CC1. The van der Waals surface area contributed by atoms with E-state index in [1.807, 2.05) is 22.7 Å². The van der Waals surface area contributed by atoms with Gasteiger partial charge in [-0.25, -0.2) is 0 Å². The first-order valence-corrected chi connectivity index (χ1v) is 9.70. The predicted octanol–water partition coefficient (Wildman–Crippen LogP) is 3.71. The van der Waals surface area contributed by atoms with Crippen LogP contribution in [0.1, 0.15) is 32.2 Å². The van der Waals surface area contributed by atoms with Gasteiger partial charge in [-0.15, -0.1) is 15.3 Å². The van der Waals surface area contributed by atoms with E-state index in [0.29, 0.717) is 0 Å². The molecule has 0 spiro atoms. The van der Waals surface area contributed by atoms with Gasteiger partial charge < -0.3 is 9.80 Å². The Morgan fingerprint density at radius 2 is 1.63 bits per heavy atom. The number of piperazine rings is 1. The van der Waals surface area contributed by atoms with Crippen LogP contribution in [0.25, 0.3) is 5.65 Å². The zero-order chi connectivity index (χ0) is 19.2. The van der Waals surface area contributed by atoms with Crippen molar-refractivity contribution in [3.05, 3.63) is 46.7 Å². The molecule has 0 unspecified atom stereocenters. The number of benzene rings is 1. The van der Waals surface area contributed by atoms with E-state index >= 15 is 0 Å². The number of aromatic nitrogens is 4. The average molecular weight is 385 g/mol. The molecule has 0 bridgehead atoms. The summed E-state index contributed by atoms with van der Waals surface area (Å²) in [7, 11) is 0. The molecule has 142 valence electrons. The van der Waals surface area contributed by atoms with Gasteiger partial charge in [-0.1, -0.05) is 38.4 Å². The summed E-state index contributed by atoms with van der Waals surface area (Å²) in [6.45, 7) is 12.2. The van der Waals surface area contributed by atoms with Gasteiger partial charge in [-0.3, -0.25) is 0 Å². The maximum Gasteiger partial charge on any atom is 0.178 e. The number of hydrogen-bond donors (Lipinski definition) is 0. The van der Waals surface area contributed by atoms with Crippen LogP contribution in [0.4, 0.5) is 11.5 Å². The fraction of sp³-hybridized carbons (Fsp3) is 0.450. The van der Waals surface area contributed by atoms with E-state index in [4.69, 9.17) is 16.7 Å². The van der Waals surface area contributed by atoms with Crippen molar-refractivity contribution in [2.75, 3.05) is 36.0 Å². The van der Waals surface area contributed by atoms with Crippen LogP contribution in [0.5, 0.6) is 0 Å². The molecule has 4 rings (SSSR count). The molecule has 0 N–H and O–H groups in total. The van der Waals surface area contributed by atoms with Gasteiger partial charge in [-0.2, -0.15) is 4.52 Å². The second kappa shape index (κ2) is 6.68. The maximum absolute atomic E-state index is 6.20. The summed E-state index contributed by atoms with van der Waals surface area (Å²) in [6, 6.07) is 10.1. The summed E-state index contributed by atoms with van der Waals surface area (Å²) in [5.74, 6) is 1.85. The number of fused-ring (bicyclic) bond motifs is 1. The fourth-order valence-electron chi connectivity index (χ4n) is 3.52. The molecule has 1 saturated heterocycles. The van der Waals surface area contributed by atoms with Gasteiger partial charge in [0.25, 0.3) is 0 Å². The van der Waals surface area contributed by atoms with Gasteiger partial charge in [0.1, 0.15) is 5.82 Å². The molecule has 0 radical (unpaired) electrons. The molecule has 3 aromatic rings. The molecular weight excluding hydrogens is 360 g/mol. The highest BCUT2D eigenvalue weighted by molar-refractivity contribution is 6.30. The van der Waals surface area contributed by atoms with E-state index in [1.165, 1.54) is 11.3 Å². The Hall–Kier alpha value is -2.34. The third kappa shape index (κ3) is 3.46. The molecule has 6 nitrogen and oxygen atoms in total. The van der Waals surface area contributed by atoms with Crippen molar-refractivity contribution in [3.63, 3.8) is 0 Å². The highest BCUT2D eigenvalue weighted by atomic mass is 35.5. The van der Waals surface area contributed by atoms with Crippen LogP contribution in [0.2, 0.25) is 5.02 Å². The minimum absolute atomic E-state index is 0.103. The van der Waals surface area contributed by atoms with Crippen molar-refractivity contribution in [1.29, 1.82) is 0 Å². The first-order chi connectivity index (χ1) is 12.8. The van der Waals surface area contributed by atoms with Gasteiger partial charge in [-0.05, 0) is 36.8 Å². The molecule has 1 aliphatic rings. The van der Waals surface area contributed by atoms with E-state index in [1.54, 1.807) is 0 Å². The highest BCUT2D eigenvalue weighted by Gasteiger charge is 2.24. The van der Waals surface area contributed by atoms with Crippen LogP contribution in [0.15, 0.2) is 30.3 Å². The van der Waals surface area contributed by atoms with Crippen LogP contribution < -0.4 is 9.80 Å². The minimum atomic E-state index is -0.103. The smallest absolute Gasteiger partial charge is 0.178 e. The van der Waals surface area contributed by atoms with E-state index < -0.39 is 0 Å². The monoisotopic (exact) mass is 384 g/mol.